The molecular weight excluding hydrogens is 484 g/mol. The fraction of sp³-hybridized carbons (Fsp3) is 0.174. The van der Waals surface area contributed by atoms with Gasteiger partial charge in [0.2, 0.25) is 15.9 Å². The van der Waals surface area contributed by atoms with Crippen LogP contribution < -0.4 is 10.0 Å². The first-order chi connectivity index (χ1) is 15.6. The van der Waals surface area contributed by atoms with Crippen LogP contribution in [-0.4, -0.2) is 35.0 Å². The van der Waals surface area contributed by atoms with Crippen LogP contribution in [0.3, 0.4) is 0 Å². The Hall–Kier alpha value is -2.72. The lowest BCUT2D eigenvalue weighted by atomic mass is 10.2. The minimum atomic E-state index is -3.71. The van der Waals surface area contributed by atoms with Crippen molar-refractivity contribution in [3.8, 4) is 0 Å². The highest BCUT2D eigenvalue weighted by molar-refractivity contribution is 7.91. The van der Waals surface area contributed by atoms with Gasteiger partial charge in [-0.25, -0.2) is 21.6 Å². The number of amides is 1. The molecular formula is C23H23ClN2O5S2. The molecule has 0 aromatic heterocycles. The second-order valence-electron chi connectivity index (χ2n) is 7.36. The van der Waals surface area contributed by atoms with Gasteiger partial charge in [-0.3, -0.25) is 4.79 Å². The van der Waals surface area contributed by atoms with Crippen molar-refractivity contribution in [2.45, 2.75) is 17.1 Å². The van der Waals surface area contributed by atoms with E-state index < -0.39 is 31.5 Å². The van der Waals surface area contributed by atoms with E-state index in [9.17, 15) is 21.6 Å². The van der Waals surface area contributed by atoms with Crippen molar-refractivity contribution in [3.63, 3.8) is 0 Å². The van der Waals surface area contributed by atoms with E-state index in [-0.39, 0.29) is 17.2 Å². The van der Waals surface area contributed by atoms with Gasteiger partial charge in [0.15, 0.2) is 9.84 Å². The molecule has 0 fully saturated rings. The summed E-state index contributed by atoms with van der Waals surface area (Å²) in [6.45, 7) is 0.246. The number of carbonyl (C=O) groups excluding carboxylic acids is 1. The van der Waals surface area contributed by atoms with Crippen LogP contribution in [-0.2, 0) is 36.8 Å². The summed E-state index contributed by atoms with van der Waals surface area (Å²) in [7, 11) is -7.40. The van der Waals surface area contributed by atoms with E-state index in [0.717, 1.165) is 5.56 Å². The van der Waals surface area contributed by atoms with Gasteiger partial charge in [0, 0.05) is 17.3 Å². The molecule has 0 saturated heterocycles. The maximum Gasteiger partial charge on any atom is 0.240 e. The van der Waals surface area contributed by atoms with E-state index in [0.29, 0.717) is 22.7 Å². The van der Waals surface area contributed by atoms with E-state index >= 15 is 0 Å². The van der Waals surface area contributed by atoms with Crippen LogP contribution >= 0.6 is 11.6 Å². The minimum absolute atomic E-state index is 0.0453. The average Bonchev–Trinajstić information content (AvgIpc) is 2.76. The van der Waals surface area contributed by atoms with Crippen LogP contribution in [0.15, 0.2) is 83.8 Å². The molecule has 0 bridgehead atoms. The fourth-order valence-electron chi connectivity index (χ4n) is 3.06. The van der Waals surface area contributed by atoms with Gasteiger partial charge < -0.3 is 5.32 Å². The van der Waals surface area contributed by atoms with Gasteiger partial charge in [0.05, 0.1) is 10.6 Å². The number of nitrogens with one attached hydrogen (secondary N) is 2. The van der Waals surface area contributed by atoms with Crippen LogP contribution in [0.2, 0.25) is 5.02 Å². The largest absolute Gasteiger partial charge is 0.325 e. The Morgan fingerprint density at radius 3 is 2.06 bits per heavy atom. The molecule has 0 aliphatic rings. The number of hydrogen-bond acceptors (Lipinski definition) is 5. The van der Waals surface area contributed by atoms with Crippen LogP contribution in [0.4, 0.5) is 5.69 Å². The predicted molar refractivity (Wildman–Crippen MR) is 129 cm³/mol. The zero-order chi connectivity index (χ0) is 23.9. The number of anilines is 1. The van der Waals surface area contributed by atoms with Gasteiger partial charge in [0.1, 0.15) is 5.75 Å². The molecule has 0 saturated carbocycles. The lowest BCUT2D eigenvalue weighted by molar-refractivity contribution is -0.113. The molecule has 7 nitrogen and oxygen atoms in total. The summed E-state index contributed by atoms with van der Waals surface area (Å²) in [5, 5.41) is 2.97. The van der Waals surface area contributed by atoms with E-state index in [4.69, 9.17) is 11.6 Å². The van der Waals surface area contributed by atoms with Crippen molar-refractivity contribution in [2.24, 2.45) is 0 Å². The van der Waals surface area contributed by atoms with Crippen molar-refractivity contribution >= 4 is 43.1 Å². The molecule has 33 heavy (non-hydrogen) atoms. The van der Waals surface area contributed by atoms with Crippen LogP contribution in [0.25, 0.3) is 0 Å². The van der Waals surface area contributed by atoms with Crippen molar-refractivity contribution in [2.75, 3.05) is 17.6 Å². The molecule has 0 atom stereocenters. The zero-order valence-electron chi connectivity index (χ0n) is 17.6. The van der Waals surface area contributed by atoms with Gasteiger partial charge in [0.25, 0.3) is 0 Å². The summed E-state index contributed by atoms with van der Waals surface area (Å²) in [5.74, 6) is -1.69. The normalized spacial score (nSPS) is 11.8. The van der Waals surface area contributed by atoms with Crippen LogP contribution in [0, 0.1) is 0 Å². The predicted octanol–water partition coefficient (Wildman–Crippen LogP) is 3.41. The zero-order valence-corrected chi connectivity index (χ0v) is 20.0. The Morgan fingerprint density at radius 2 is 1.42 bits per heavy atom. The summed E-state index contributed by atoms with van der Waals surface area (Å²) in [6, 6.07) is 21.4. The lowest BCUT2D eigenvalue weighted by Gasteiger charge is -2.09. The SMILES string of the molecule is O=C(CS(=O)(=O)Cc1ccc(Cl)cc1)Nc1ccc(S(=O)(=O)NCCc2ccccc2)cc1. The third-order valence-electron chi connectivity index (χ3n) is 4.65. The van der Waals surface area contributed by atoms with Crippen molar-refractivity contribution in [3.05, 3.63) is 95.0 Å². The number of sulfonamides is 1. The molecule has 2 N–H and O–H groups in total. The van der Waals surface area contributed by atoms with Crippen molar-refractivity contribution in [1.82, 2.24) is 4.72 Å². The highest BCUT2D eigenvalue weighted by Crippen LogP contribution is 2.16. The molecule has 0 radical (unpaired) electrons. The molecule has 0 heterocycles. The molecule has 3 aromatic rings. The van der Waals surface area contributed by atoms with Gasteiger partial charge in [-0.1, -0.05) is 54.1 Å². The van der Waals surface area contributed by atoms with Gasteiger partial charge >= 0.3 is 0 Å². The molecule has 10 heteroatoms. The van der Waals surface area contributed by atoms with E-state index in [1.807, 2.05) is 30.3 Å². The number of halogens is 1. The number of carbonyl (C=O) groups is 1. The number of sulfone groups is 1. The van der Waals surface area contributed by atoms with Gasteiger partial charge in [-0.05, 0) is 53.9 Å². The second kappa shape index (κ2) is 10.9. The van der Waals surface area contributed by atoms with E-state index in [1.54, 1.807) is 24.3 Å². The number of hydrogen-bond donors (Lipinski definition) is 2. The van der Waals surface area contributed by atoms with Crippen LogP contribution in [0.1, 0.15) is 11.1 Å². The standard InChI is InChI=1S/C23H23ClN2O5S2/c24-20-8-6-19(7-9-20)16-32(28,29)17-23(27)26-21-10-12-22(13-11-21)33(30,31)25-15-14-18-4-2-1-3-5-18/h1-13,25H,14-17H2,(H,26,27). The van der Waals surface area contributed by atoms with Crippen LogP contribution in [0.5, 0.6) is 0 Å². The lowest BCUT2D eigenvalue weighted by Crippen LogP contribution is -2.26. The third kappa shape index (κ3) is 7.97. The topological polar surface area (TPSA) is 109 Å². The van der Waals surface area contributed by atoms with Crippen molar-refractivity contribution < 1.29 is 21.6 Å². The fourth-order valence-corrected chi connectivity index (χ4v) is 5.49. The summed E-state index contributed by atoms with van der Waals surface area (Å²) in [5.41, 5.74) is 1.84. The summed E-state index contributed by atoms with van der Waals surface area (Å²) < 4.78 is 52.0. The maximum absolute atomic E-state index is 12.5. The molecule has 0 spiro atoms. The highest BCUT2D eigenvalue weighted by Gasteiger charge is 2.18. The highest BCUT2D eigenvalue weighted by atomic mass is 35.5. The monoisotopic (exact) mass is 506 g/mol. The smallest absolute Gasteiger partial charge is 0.240 e. The summed E-state index contributed by atoms with van der Waals surface area (Å²) in [4.78, 5) is 12.2. The minimum Gasteiger partial charge on any atom is -0.325 e. The third-order valence-corrected chi connectivity index (χ3v) is 7.85. The average molecular weight is 507 g/mol. The Bertz CT molecular complexity index is 1290. The molecule has 1 amide bonds. The molecule has 0 aliphatic heterocycles. The molecule has 3 aromatic carbocycles. The summed E-state index contributed by atoms with van der Waals surface area (Å²) >= 11 is 5.79. The van der Waals surface area contributed by atoms with E-state index in [1.165, 1.54) is 24.3 Å². The first-order valence-electron chi connectivity index (χ1n) is 10.0. The maximum atomic E-state index is 12.5. The summed E-state index contributed by atoms with van der Waals surface area (Å²) in [6.07, 6.45) is 0.554. The first kappa shape index (κ1) is 24.9. The number of benzene rings is 3. The number of rotatable bonds is 10. The molecule has 3 rings (SSSR count). The molecule has 174 valence electrons. The Labute approximate surface area is 198 Å². The van der Waals surface area contributed by atoms with Gasteiger partial charge in [-0.2, -0.15) is 0 Å². The molecule has 0 aliphatic carbocycles. The Morgan fingerprint density at radius 1 is 0.788 bits per heavy atom. The Balaban J connectivity index is 1.53. The molecule has 0 unspecified atom stereocenters. The second-order valence-corrected chi connectivity index (χ2v) is 11.6. The van der Waals surface area contributed by atoms with Crippen molar-refractivity contribution in [1.29, 1.82) is 0 Å². The Kier molecular flexibility index (Phi) is 8.25. The van der Waals surface area contributed by atoms with E-state index in [2.05, 4.69) is 10.0 Å². The van der Waals surface area contributed by atoms with Gasteiger partial charge in [-0.15, -0.1) is 0 Å². The first-order valence-corrected chi connectivity index (χ1v) is 13.7. The quantitative estimate of drug-likeness (QED) is 0.438.